The molecule has 2 N–H and O–H groups in total. The normalized spacial score (nSPS) is 11.9. The highest BCUT2D eigenvalue weighted by molar-refractivity contribution is 6.30. The summed E-state index contributed by atoms with van der Waals surface area (Å²) in [5.41, 5.74) is 0.586. The van der Waals surface area contributed by atoms with E-state index < -0.39 is 6.10 Å². The van der Waals surface area contributed by atoms with E-state index in [1.54, 1.807) is 36.4 Å². The van der Waals surface area contributed by atoms with E-state index in [-0.39, 0.29) is 31.1 Å². The zero-order chi connectivity index (χ0) is 16.7. The Kier molecular flexibility index (Phi) is 6.38. The highest BCUT2D eigenvalue weighted by Gasteiger charge is 2.12. The maximum absolute atomic E-state index is 11.9. The van der Waals surface area contributed by atoms with Crippen molar-refractivity contribution in [2.45, 2.75) is 25.4 Å². The standard InChI is InChI=1S/C17H18ClNO4/c18-13-8-6-12(7-9-13)14(20)3-1-5-17(22)19-11-15(21)16-4-2-10-23-16/h2,4,6-10,15,21H,1,3,5,11H2,(H,19,22). The minimum atomic E-state index is -0.871. The first-order valence-electron chi connectivity index (χ1n) is 7.33. The van der Waals surface area contributed by atoms with Crippen LogP contribution in [0.4, 0.5) is 0 Å². The molecule has 2 rings (SSSR count). The first kappa shape index (κ1) is 17.2. The molecule has 1 amide bonds. The van der Waals surface area contributed by atoms with Crippen LogP contribution in [0.1, 0.15) is 41.5 Å². The number of carbonyl (C=O) groups is 2. The number of Topliss-reactive ketones (excluding diaryl/α,β-unsaturated/α-hetero) is 1. The lowest BCUT2D eigenvalue weighted by atomic mass is 10.1. The van der Waals surface area contributed by atoms with Gasteiger partial charge in [-0.2, -0.15) is 0 Å². The van der Waals surface area contributed by atoms with Gasteiger partial charge in [0, 0.05) is 23.4 Å². The Bertz CT molecular complexity index is 637. The molecule has 5 nitrogen and oxygen atoms in total. The molecule has 0 aliphatic carbocycles. The molecule has 0 aliphatic heterocycles. The highest BCUT2D eigenvalue weighted by atomic mass is 35.5. The number of rotatable bonds is 8. The van der Waals surface area contributed by atoms with Crippen LogP contribution in [0.5, 0.6) is 0 Å². The molecule has 0 spiro atoms. The lowest BCUT2D eigenvalue weighted by Gasteiger charge is -2.09. The molecule has 0 fully saturated rings. The maximum atomic E-state index is 11.9. The molecule has 1 unspecified atom stereocenters. The van der Waals surface area contributed by atoms with Gasteiger partial charge >= 0.3 is 0 Å². The van der Waals surface area contributed by atoms with Crippen LogP contribution in [0, 0.1) is 0 Å². The highest BCUT2D eigenvalue weighted by Crippen LogP contribution is 2.13. The molecule has 2 aromatic rings. The number of amides is 1. The Morgan fingerprint density at radius 1 is 1.17 bits per heavy atom. The number of furan rings is 1. The predicted octanol–water partition coefficient (Wildman–Crippen LogP) is 3.14. The van der Waals surface area contributed by atoms with Crippen molar-refractivity contribution in [3.63, 3.8) is 0 Å². The van der Waals surface area contributed by atoms with Gasteiger partial charge in [-0.1, -0.05) is 11.6 Å². The number of hydrogen-bond acceptors (Lipinski definition) is 4. The first-order valence-corrected chi connectivity index (χ1v) is 7.71. The molecule has 0 saturated heterocycles. The summed E-state index contributed by atoms with van der Waals surface area (Å²) in [6.07, 6.45) is 1.55. The Labute approximate surface area is 139 Å². The maximum Gasteiger partial charge on any atom is 0.220 e. The molecule has 1 heterocycles. The van der Waals surface area contributed by atoms with Crippen molar-refractivity contribution in [2.75, 3.05) is 6.54 Å². The van der Waals surface area contributed by atoms with Crippen LogP contribution in [-0.4, -0.2) is 23.3 Å². The molecule has 0 bridgehead atoms. The summed E-state index contributed by atoms with van der Waals surface area (Å²) in [6.45, 7) is 0.0808. The van der Waals surface area contributed by atoms with Crippen molar-refractivity contribution in [3.8, 4) is 0 Å². The van der Waals surface area contributed by atoms with Crippen molar-refractivity contribution in [1.29, 1.82) is 0 Å². The molecule has 0 radical (unpaired) electrons. The summed E-state index contributed by atoms with van der Waals surface area (Å²) in [5, 5.41) is 13.0. The van der Waals surface area contributed by atoms with E-state index in [4.69, 9.17) is 16.0 Å². The van der Waals surface area contributed by atoms with Crippen LogP contribution in [0.2, 0.25) is 5.02 Å². The summed E-state index contributed by atoms with van der Waals surface area (Å²) in [6, 6.07) is 9.98. The van der Waals surface area contributed by atoms with E-state index in [1.807, 2.05) is 0 Å². The summed E-state index contributed by atoms with van der Waals surface area (Å²) in [4.78, 5) is 23.6. The van der Waals surface area contributed by atoms with Crippen LogP contribution in [-0.2, 0) is 4.79 Å². The molecule has 1 atom stereocenters. The lowest BCUT2D eigenvalue weighted by molar-refractivity contribution is -0.121. The molecule has 6 heteroatoms. The fourth-order valence-corrected chi connectivity index (χ4v) is 2.20. The number of aliphatic hydroxyl groups is 1. The molecule has 122 valence electrons. The summed E-state index contributed by atoms with van der Waals surface area (Å²) in [5.74, 6) is 0.174. The average molecular weight is 336 g/mol. The van der Waals surface area contributed by atoms with E-state index >= 15 is 0 Å². The van der Waals surface area contributed by atoms with Crippen molar-refractivity contribution in [1.82, 2.24) is 5.32 Å². The Morgan fingerprint density at radius 3 is 2.57 bits per heavy atom. The Balaban J connectivity index is 1.66. The van der Waals surface area contributed by atoms with Gasteiger partial charge < -0.3 is 14.8 Å². The van der Waals surface area contributed by atoms with E-state index in [0.29, 0.717) is 22.8 Å². The minimum Gasteiger partial charge on any atom is -0.467 e. The number of ketones is 1. The van der Waals surface area contributed by atoms with Crippen LogP contribution in [0.25, 0.3) is 0 Å². The predicted molar refractivity (Wildman–Crippen MR) is 86.3 cm³/mol. The average Bonchev–Trinajstić information content (AvgIpc) is 3.07. The van der Waals surface area contributed by atoms with Crippen LogP contribution >= 0.6 is 11.6 Å². The van der Waals surface area contributed by atoms with Gasteiger partial charge in [0.05, 0.1) is 12.8 Å². The molecule has 23 heavy (non-hydrogen) atoms. The van der Waals surface area contributed by atoms with Gasteiger partial charge in [0.1, 0.15) is 11.9 Å². The van der Waals surface area contributed by atoms with Gasteiger partial charge in [0.2, 0.25) is 5.91 Å². The number of hydrogen-bond donors (Lipinski definition) is 2. The zero-order valence-electron chi connectivity index (χ0n) is 12.5. The molecule has 1 aromatic carbocycles. The second-order valence-electron chi connectivity index (χ2n) is 5.12. The summed E-state index contributed by atoms with van der Waals surface area (Å²) < 4.78 is 5.04. The zero-order valence-corrected chi connectivity index (χ0v) is 13.3. The fraction of sp³-hybridized carbons (Fsp3) is 0.294. The van der Waals surface area contributed by atoms with Gasteiger partial charge in [0.25, 0.3) is 0 Å². The third-order valence-corrected chi connectivity index (χ3v) is 3.59. The smallest absolute Gasteiger partial charge is 0.220 e. The van der Waals surface area contributed by atoms with Crippen molar-refractivity contribution in [2.24, 2.45) is 0 Å². The third kappa shape index (κ3) is 5.54. The number of halogens is 1. The van der Waals surface area contributed by atoms with Gasteiger partial charge in [-0.05, 0) is 42.8 Å². The number of carbonyl (C=O) groups excluding carboxylic acids is 2. The van der Waals surface area contributed by atoms with Gasteiger partial charge in [-0.15, -0.1) is 0 Å². The monoisotopic (exact) mass is 335 g/mol. The molecule has 1 aromatic heterocycles. The largest absolute Gasteiger partial charge is 0.467 e. The fourth-order valence-electron chi connectivity index (χ4n) is 2.07. The number of nitrogens with one attached hydrogen (secondary N) is 1. The van der Waals surface area contributed by atoms with Crippen molar-refractivity contribution < 1.29 is 19.1 Å². The van der Waals surface area contributed by atoms with Crippen LogP contribution in [0.15, 0.2) is 47.1 Å². The van der Waals surface area contributed by atoms with Crippen LogP contribution < -0.4 is 5.32 Å². The van der Waals surface area contributed by atoms with Gasteiger partial charge in [0.15, 0.2) is 5.78 Å². The Morgan fingerprint density at radius 2 is 1.91 bits per heavy atom. The van der Waals surface area contributed by atoms with E-state index in [2.05, 4.69) is 5.32 Å². The molecule has 0 saturated carbocycles. The van der Waals surface area contributed by atoms with Gasteiger partial charge in [-0.25, -0.2) is 0 Å². The summed E-state index contributed by atoms with van der Waals surface area (Å²) >= 11 is 5.77. The lowest BCUT2D eigenvalue weighted by Crippen LogP contribution is -2.28. The SMILES string of the molecule is O=C(CCCC(=O)c1ccc(Cl)cc1)NCC(O)c1ccco1. The van der Waals surface area contributed by atoms with E-state index in [0.717, 1.165) is 0 Å². The second-order valence-corrected chi connectivity index (χ2v) is 5.56. The molecular formula is C17H18ClNO4. The third-order valence-electron chi connectivity index (χ3n) is 3.34. The number of aliphatic hydroxyl groups excluding tert-OH is 1. The second kappa shape index (κ2) is 8.50. The van der Waals surface area contributed by atoms with E-state index in [9.17, 15) is 14.7 Å². The quantitative estimate of drug-likeness (QED) is 0.726. The van der Waals surface area contributed by atoms with E-state index in [1.165, 1.54) is 6.26 Å². The van der Waals surface area contributed by atoms with Crippen LogP contribution in [0.3, 0.4) is 0 Å². The minimum absolute atomic E-state index is 0.0231. The van der Waals surface area contributed by atoms with Crippen molar-refractivity contribution >= 4 is 23.3 Å². The molecular weight excluding hydrogens is 318 g/mol. The molecule has 0 aliphatic rings. The number of benzene rings is 1. The van der Waals surface area contributed by atoms with Gasteiger partial charge in [-0.3, -0.25) is 9.59 Å². The Hall–Kier alpha value is -2.11. The van der Waals surface area contributed by atoms with Crippen molar-refractivity contribution in [3.05, 3.63) is 59.0 Å². The summed E-state index contributed by atoms with van der Waals surface area (Å²) in [7, 11) is 0. The first-order chi connectivity index (χ1) is 11.1. The topological polar surface area (TPSA) is 79.5 Å².